The van der Waals surface area contributed by atoms with E-state index >= 15 is 0 Å². The molecule has 5 aromatic rings. The Kier molecular flexibility index (Phi) is 5.43. The fourth-order valence-electron chi connectivity index (χ4n) is 2.51. The molecule has 0 spiro atoms. The van der Waals surface area contributed by atoms with Gasteiger partial charge in [0, 0.05) is 9.67 Å². The number of nitrogens with one attached hydrogen (secondary N) is 1. The summed E-state index contributed by atoms with van der Waals surface area (Å²) >= 11 is 1.61. The van der Waals surface area contributed by atoms with Crippen LogP contribution < -0.4 is 4.80 Å². The van der Waals surface area contributed by atoms with Crippen LogP contribution in [0.1, 0.15) is 10.6 Å². The summed E-state index contributed by atoms with van der Waals surface area (Å²) in [4.78, 5) is 9.37. The van der Waals surface area contributed by atoms with E-state index in [1.807, 2.05) is 67.6 Å². The lowest BCUT2D eigenvalue weighted by atomic mass is 10.2. The van der Waals surface area contributed by atoms with E-state index in [2.05, 4.69) is 32.5 Å². The lowest BCUT2D eigenvalue weighted by Gasteiger charge is -1.95. The first-order valence-electron chi connectivity index (χ1n) is 8.84. The highest BCUT2D eigenvalue weighted by Gasteiger charge is 2.25. The molecule has 10 heteroatoms. The molecule has 144 valence electrons. The van der Waals surface area contributed by atoms with Crippen LogP contribution in [-0.2, 0) is 0 Å². The summed E-state index contributed by atoms with van der Waals surface area (Å²) < 4.78 is 0. The lowest BCUT2D eigenvalue weighted by molar-refractivity contribution is -0.734. The predicted octanol–water partition coefficient (Wildman–Crippen LogP) is 2.48. The molecule has 29 heavy (non-hydrogen) atoms. The van der Waals surface area contributed by atoms with Crippen molar-refractivity contribution < 1.29 is 4.80 Å². The van der Waals surface area contributed by atoms with E-state index in [-0.39, 0.29) is 0 Å². The Morgan fingerprint density at radius 2 is 1.69 bits per heavy atom. The lowest BCUT2D eigenvalue weighted by Crippen LogP contribution is -2.43. The van der Waals surface area contributed by atoms with Crippen LogP contribution in [0.25, 0.3) is 22.2 Å². The molecule has 0 amide bonds. The van der Waals surface area contributed by atoms with Crippen LogP contribution in [0.3, 0.4) is 0 Å². The van der Waals surface area contributed by atoms with Crippen LogP contribution in [0.2, 0.25) is 0 Å². The van der Waals surface area contributed by atoms with Gasteiger partial charge in [-0.15, -0.1) is 5.10 Å². The van der Waals surface area contributed by atoms with Gasteiger partial charge in [0.05, 0.1) is 16.4 Å². The van der Waals surface area contributed by atoms with Crippen LogP contribution in [-0.4, -0.2) is 40.6 Å². The third-order valence-electron chi connectivity index (χ3n) is 4.04. The standard InChI is InChI=1S/C18H16N5S.CH2N4/c1-13-14(2)24-18(19-13)23-21-17(15-9-5-3-6-10-15)20-22(23)16-11-7-4-8-12-16;1-2-4-5-3-1/h3-12H,1-2H3;1H,(H,2,3,4,5)/q+1;. The Hall–Kier alpha value is -3.79. The molecule has 3 heterocycles. The maximum atomic E-state index is 4.70. The Labute approximate surface area is 170 Å². The Morgan fingerprint density at radius 3 is 2.24 bits per heavy atom. The average molecular weight is 404 g/mol. The maximum absolute atomic E-state index is 4.70. The van der Waals surface area contributed by atoms with Gasteiger partial charge in [0.15, 0.2) is 5.69 Å². The normalized spacial score (nSPS) is 10.4. The number of benzene rings is 2. The first-order valence-corrected chi connectivity index (χ1v) is 9.66. The summed E-state index contributed by atoms with van der Waals surface area (Å²) in [5, 5.41) is 22.3. The second kappa shape index (κ2) is 8.48. The monoisotopic (exact) mass is 404 g/mol. The van der Waals surface area contributed by atoms with Crippen LogP contribution in [0.5, 0.6) is 0 Å². The van der Waals surface area contributed by atoms with Gasteiger partial charge in [0.25, 0.3) is 5.13 Å². The van der Waals surface area contributed by atoms with Crippen molar-refractivity contribution in [1.82, 2.24) is 40.6 Å². The molecule has 0 aliphatic rings. The van der Waals surface area contributed by atoms with E-state index in [1.54, 1.807) is 20.9 Å². The minimum atomic E-state index is 0.671. The molecule has 1 N–H and O–H groups in total. The van der Waals surface area contributed by atoms with E-state index in [0.717, 1.165) is 22.1 Å². The van der Waals surface area contributed by atoms with Gasteiger partial charge in [-0.05, 0) is 58.4 Å². The van der Waals surface area contributed by atoms with Crippen LogP contribution in [0.4, 0.5) is 0 Å². The van der Waals surface area contributed by atoms with Crippen LogP contribution >= 0.6 is 11.3 Å². The summed E-state index contributed by atoms with van der Waals surface area (Å²) in [6.45, 7) is 4.08. The molecule has 0 aliphatic heterocycles. The summed E-state index contributed by atoms with van der Waals surface area (Å²) in [6, 6.07) is 20.0. The molecule has 0 bridgehead atoms. The molecule has 0 saturated heterocycles. The summed E-state index contributed by atoms with van der Waals surface area (Å²) in [6.07, 6.45) is 1.40. The molecular weight excluding hydrogens is 386 g/mol. The molecule has 0 aliphatic carbocycles. The predicted molar refractivity (Wildman–Crippen MR) is 108 cm³/mol. The van der Waals surface area contributed by atoms with Gasteiger partial charge in [-0.3, -0.25) is 0 Å². The zero-order valence-electron chi connectivity index (χ0n) is 15.8. The number of hydrogen-bond acceptors (Lipinski definition) is 7. The topological polar surface area (TPSA) is 102 Å². The van der Waals surface area contributed by atoms with Gasteiger partial charge in [-0.25, -0.2) is 10.1 Å². The Bertz CT molecular complexity index is 1130. The number of aryl methyl sites for hydroxylation is 2. The molecule has 5 rings (SSSR count). The van der Waals surface area contributed by atoms with Crippen molar-refractivity contribution in [3.8, 4) is 22.2 Å². The van der Waals surface area contributed by atoms with E-state index in [0.29, 0.717) is 5.82 Å². The minimum Gasteiger partial charge on any atom is -0.246 e. The SMILES string of the molecule is Cc1nc(-n2nc(-c3ccccc3)n[n+]2-c2ccccc2)sc1C.c1nnn[nH]1. The molecule has 0 saturated carbocycles. The molecular formula is C19H18N9S+. The second-order valence-electron chi connectivity index (χ2n) is 6.01. The zero-order chi connectivity index (χ0) is 20.1. The van der Waals surface area contributed by atoms with Crippen molar-refractivity contribution in [2.45, 2.75) is 13.8 Å². The van der Waals surface area contributed by atoms with Crippen molar-refractivity contribution in [3.05, 3.63) is 77.6 Å². The van der Waals surface area contributed by atoms with Crippen LogP contribution in [0, 0.1) is 13.8 Å². The largest absolute Gasteiger partial charge is 0.340 e. The molecule has 0 unspecified atom stereocenters. The molecule has 2 aromatic carbocycles. The number of H-pyrrole nitrogens is 1. The first kappa shape index (κ1) is 18.6. The molecule has 3 aromatic heterocycles. The smallest absolute Gasteiger partial charge is 0.246 e. The van der Waals surface area contributed by atoms with Gasteiger partial charge in [0.2, 0.25) is 0 Å². The minimum absolute atomic E-state index is 0.671. The average Bonchev–Trinajstić information content (AvgIpc) is 3.52. The maximum Gasteiger partial charge on any atom is 0.340 e. The molecule has 0 radical (unpaired) electrons. The summed E-state index contributed by atoms with van der Waals surface area (Å²) in [5.41, 5.74) is 2.94. The molecule has 0 atom stereocenters. The Balaban J connectivity index is 0.000000359. The number of tetrazole rings is 2. The van der Waals surface area contributed by atoms with E-state index in [9.17, 15) is 0 Å². The van der Waals surface area contributed by atoms with Gasteiger partial charge >= 0.3 is 5.82 Å². The quantitative estimate of drug-likeness (QED) is 0.464. The van der Waals surface area contributed by atoms with Crippen LogP contribution in [0.15, 0.2) is 67.0 Å². The number of aromatic nitrogens is 9. The van der Waals surface area contributed by atoms with E-state index < -0.39 is 0 Å². The number of para-hydroxylation sites is 1. The molecule has 9 nitrogen and oxygen atoms in total. The summed E-state index contributed by atoms with van der Waals surface area (Å²) in [5.74, 6) is 0.671. The number of thiazole rings is 1. The third-order valence-corrected chi connectivity index (χ3v) is 5.07. The van der Waals surface area contributed by atoms with E-state index in [4.69, 9.17) is 10.2 Å². The van der Waals surface area contributed by atoms with Crippen molar-refractivity contribution >= 4 is 11.3 Å². The first-order chi connectivity index (χ1) is 14.2. The number of nitrogens with zero attached hydrogens (tertiary/aromatic N) is 8. The molecule has 0 fully saturated rings. The number of aromatic amines is 1. The van der Waals surface area contributed by atoms with E-state index in [1.165, 1.54) is 11.2 Å². The summed E-state index contributed by atoms with van der Waals surface area (Å²) in [7, 11) is 0. The van der Waals surface area contributed by atoms with Gasteiger partial charge in [0.1, 0.15) is 6.33 Å². The van der Waals surface area contributed by atoms with Crippen molar-refractivity contribution in [2.75, 3.05) is 0 Å². The van der Waals surface area contributed by atoms with Gasteiger partial charge < -0.3 is 0 Å². The highest BCUT2D eigenvalue weighted by molar-refractivity contribution is 7.14. The number of hydrogen-bond donors (Lipinski definition) is 1. The van der Waals surface area contributed by atoms with Crippen molar-refractivity contribution in [3.63, 3.8) is 0 Å². The van der Waals surface area contributed by atoms with Crippen molar-refractivity contribution in [2.24, 2.45) is 0 Å². The zero-order valence-corrected chi connectivity index (χ0v) is 16.7. The van der Waals surface area contributed by atoms with Crippen molar-refractivity contribution in [1.29, 1.82) is 0 Å². The fraction of sp³-hybridized carbons (Fsp3) is 0.105. The fourth-order valence-corrected chi connectivity index (χ4v) is 3.36. The van der Waals surface area contributed by atoms with Gasteiger partial charge in [-0.2, -0.15) is 0 Å². The number of rotatable bonds is 3. The Morgan fingerprint density at radius 1 is 0.966 bits per heavy atom. The highest BCUT2D eigenvalue weighted by atomic mass is 32.1. The van der Waals surface area contributed by atoms with Gasteiger partial charge in [-0.1, -0.05) is 47.7 Å². The highest BCUT2D eigenvalue weighted by Crippen LogP contribution is 2.20. The second-order valence-corrected chi connectivity index (χ2v) is 7.19. The third kappa shape index (κ3) is 4.22.